The van der Waals surface area contributed by atoms with Gasteiger partial charge in [-0.2, -0.15) is 5.10 Å². The lowest BCUT2D eigenvalue weighted by Gasteiger charge is -2.11. The summed E-state index contributed by atoms with van der Waals surface area (Å²) in [6, 6.07) is 8.15. The van der Waals surface area contributed by atoms with Crippen LogP contribution in [0.15, 0.2) is 24.3 Å². The maximum atomic E-state index is 11.8. The van der Waals surface area contributed by atoms with Crippen LogP contribution in [0.3, 0.4) is 0 Å². The molecule has 0 saturated heterocycles. The van der Waals surface area contributed by atoms with Gasteiger partial charge in [-0.3, -0.25) is 4.79 Å². The van der Waals surface area contributed by atoms with Gasteiger partial charge in [-0.15, -0.1) is 0 Å². The van der Waals surface area contributed by atoms with Crippen LogP contribution in [0.2, 0.25) is 0 Å². The van der Waals surface area contributed by atoms with Crippen LogP contribution in [0.4, 0.5) is 5.82 Å². The first-order valence-corrected chi connectivity index (χ1v) is 9.92. The monoisotopic (exact) mass is 378 g/mol. The topological polar surface area (TPSA) is 84.7 Å². The number of anilines is 1. The second kappa shape index (κ2) is 7.58. The number of hydrogen-bond acceptors (Lipinski definition) is 5. The molecule has 7 nitrogen and oxygen atoms in total. The maximum absolute atomic E-state index is 11.8. The second-order valence-corrected chi connectivity index (χ2v) is 7.32. The third-order valence-corrected chi connectivity index (χ3v) is 5.07. The van der Waals surface area contributed by atoms with Crippen LogP contribution in [0.25, 0.3) is 16.7 Å². The van der Waals surface area contributed by atoms with E-state index in [2.05, 4.69) is 34.7 Å². The minimum absolute atomic E-state index is 0.160. The van der Waals surface area contributed by atoms with Gasteiger partial charge in [0, 0.05) is 25.4 Å². The standard InChI is InChI=1S/C21H26N6O/c1-4-17-24-19(22-11-12-23-21(28)15-9-10-15)18-14(3)26-27(20(18)25-17)16-8-6-5-7-13(16)2/h5-8,15H,4,9-12H2,1-3H3,(H,23,28)(H,22,24,25). The molecule has 0 spiro atoms. The third kappa shape index (κ3) is 3.56. The number of aromatic nitrogens is 4. The van der Waals surface area contributed by atoms with Gasteiger partial charge >= 0.3 is 0 Å². The first-order valence-electron chi connectivity index (χ1n) is 9.92. The number of amides is 1. The third-order valence-electron chi connectivity index (χ3n) is 5.07. The highest BCUT2D eigenvalue weighted by atomic mass is 16.2. The molecule has 0 unspecified atom stereocenters. The van der Waals surface area contributed by atoms with Crippen molar-refractivity contribution in [2.24, 2.45) is 5.92 Å². The van der Waals surface area contributed by atoms with Crippen LogP contribution in [0.1, 0.15) is 36.8 Å². The molecule has 2 N–H and O–H groups in total. The zero-order chi connectivity index (χ0) is 19.7. The van der Waals surface area contributed by atoms with Crippen molar-refractivity contribution in [3.63, 3.8) is 0 Å². The average Bonchev–Trinajstić information content (AvgIpc) is 3.49. The molecule has 1 aliphatic rings. The van der Waals surface area contributed by atoms with E-state index in [-0.39, 0.29) is 11.8 Å². The molecule has 1 saturated carbocycles. The minimum Gasteiger partial charge on any atom is -0.368 e. The van der Waals surface area contributed by atoms with Gasteiger partial charge < -0.3 is 10.6 Å². The number of aryl methyl sites for hydroxylation is 3. The molecule has 146 valence electrons. The van der Waals surface area contributed by atoms with Crippen LogP contribution in [-0.2, 0) is 11.2 Å². The zero-order valence-corrected chi connectivity index (χ0v) is 16.6. The molecule has 28 heavy (non-hydrogen) atoms. The highest BCUT2D eigenvalue weighted by Crippen LogP contribution is 2.29. The zero-order valence-electron chi connectivity index (χ0n) is 16.6. The van der Waals surface area contributed by atoms with Gasteiger partial charge in [-0.25, -0.2) is 14.6 Å². The van der Waals surface area contributed by atoms with E-state index in [1.807, 2.05) is 30.7 Å². The number of fused-ring (bicyclic) bond motifs is 1. The Morgan fingerprint density at radius 1 is 1.18 bits per heavy atom. The van der Waals surface area contributed by atoms with E-state index in [1.165, 1.54) is 0 Å². The number of benzene rings is 1. The SMILES string of the molecule is CCc1nc(NCCNC(=O)C2CC2)c2c(C)nn(-c3ccccc3C)c2n1. The molecule has 1 fully saturated rings. The summed E-state index contributed by atoms with van der Waals surface area (Å²) in [5.74, 6) is 1.94. The summed E-state index contributed by atoms with van der Waals surface area (Å²) >= 11 is 0. The fourth-order valence-corrected chi connectivity index (χ4v) is 3.34. The Balaban J connectivity index is 1.64. The highest BCUT2D eigenvalue weighted by molar-refractivity contribution is 5.90. The summed E-state index contributed by atoms with van der Waals surface area (Å²) < 4.78 is 1.90. The van der Waals surface area contributed by atoms with Crippen LogP contribution in [0.5, 0.6) is 0 Å². The lowest BCUT2D eigenvalue weighted by Crippen LogP contribution is -2.30. The minimum atomic E-state index is 0.160. The Hall–Kier alpha value is -2.96. The second-order valence-electron chi connectivity index (χ2n) is 7.32. The van der Waals surface area contributed by atoms with E-state index in [0.29, 0.717) is 13.1 Å². The Labute approximate surface area is 164 Å². The summed E-state index contributed by atoms with van der Waals surface area (Å²) in [6.45, 7) is 7.28. The van der Waals surface area contributed by atoms with Crippen molar-refractivity contribution >= 4 is 22.8 Å². The van der Waals surface area contributed by atoms with Crippen molar-refractivity contribution in [2.75, 3.05) is 18.4 Å². The molecule has 2 heterocycles. The number of hydrogen-bond donors (Lipinski definition) is 2. The van der Waals surface area contributed by atoms with Crippen molar-refractivity contribution in [1.29, 1.82) is 0 Å². The largest absolute Gasteiger partial charge is 0.368 e. The molecule has 2 aromatic heterocycles. The lowest BCUT2D eigenvalue weighted by atomic mass is 10.2. The molecule has 0 aliphatic heterocycles. The summed E-state index contributed by atoms with van der Waals surface area (Å²) in [5.41, 5.74) is 3.85. The van der Waals surface area contributed by atoms with E-state index in [9.17, 15) is 4.79 Å². The first kappa shape index (κ1) is 18.4. The van der Waals surface area contributed by atoms with Gasteiger partial charge in [-0.1, -0.05) is 25.1 Å². The highest BCUT2D eigenvalue weighted by Gasteiger charge is 2.29. The van der Waals surface area contributed by atoms with Crippen LogP contribution in [0, 0.1) is 19.8 Å². The van der Waals surface area contributed by atoms with Crippen LogP contribution in [-0.4, -0.2) is 38.7 Å². The van der Waals surface area contributed by atoms with Gasteiger partial charge in [0.25, 0.3) is 0 Å². The predicted molar refractivity (Wildman–Crippen MR) is 110 cm³/mol. The molecular weight excluding hydrogens is 352 g/mol. The van der Waals surface area contributed by atoms with Crippen molar-refractivity contribution in [3.8, 4) is 5.69 Å². The van der Waals surface area contributed by atoms with Crippen molar-refractivity contribution in [2.45, 2.75) is 40.0 Å². The Morgan fingerprint density at radius 3 is 2.68 bits per heavy atom. The normalized spacial score (nSPS) is 13.7. The Bertz CT molecular complexity index is 1020. The smallest absolute Gasteiger partial charge is 0.223 e. The predicted octanol–water partition coefficient (Wildman–Crippen LogP) is 2.93. The number of carbonyl (C=O) groups is 1. The summed E-state index contributed by atoms with van der Waals surface area (Å²) in [7, 11) is 0. The molecule has 0 radical (unpaired) electrons. The number of nitrogens with one attached hydrogen (secondary N) is 2. The fraction of sp³-hybridized carbons (Fsp3) is 0.429. The van der Waals surface area contributed by atoms with Gasteiger partial charge in [0.1, 0.15) is 11.6 Å². The molecule has 1 aliphatic carbocycles. The van der Waals surface area contributed by atoms with Gasteiger partial charge in [-0.05, 0) is 38.3 Å². The number of rotatable bonds is 7. The molecule has 0 bridgehead atoms. The Kier molecular flexibility index (Phi) is 4.98. The number of para-hydroxylation sites is 1. The van der Waals surface area contributed by atoms with Crippen molar-refractivity contribution in [1.82, 2.24) is 25.1 Å². The van der Waals surface area contributed by atoms with Crippen molar-refractivity contribution < 1.29 is 4.79 Å². The lowest BCUT2D eigenvalue weighted by molar-refractivity contribution is -0.122. The summed E-state index contributed by atoms with van der Waals surface area (Å²) in [5, 5.41) is 12.0. The molecule has 3 aromatic rings. The summed E-state index contributed by atoms with van der Waals surface area (Å²) in [4.78, 5) is 21.2. The molecular formula is C21H26N6O. The van der Waals surface area contributed by atoms with E-state index in [4.69, 9.17) is 10.1 Å². The maximum Gasteiger partial charge on any atom is 0.223 e. The Morgan fingerprint density at radius 2 is 1.96 bits per heavy atom. The van der Waals surface area contributed by atoms with E-state index >= 15 is 0 Å². The first-order chi connectivity index (χ1) is 13.6. The average molecular weight is 378 g/mol. The molecule has 4 rings (SSSR count). The van der Waals surface area contributed by atoms with Crippen molar-refractivity contribution in [3.05, 3.63) is 41.3 Å². The van der Waals surface area contributed by atoms with Gasteiger partial charge in [0.05, 0.1) is 16.8 Å². The molecule has 7 heteroatoms. The van der Waals surface area contributed by atoms with Gasteiger partial charge in [0.2, 0.25) is 5.91 Å². The molecule has 1 aromatic carbocycles. The molecule has 1 amide bonds. The number of nitrogens with zero attached hydrogens (tertiary/aromatic N) is 4. The summed E-state index contributed by atoms with van der Waals surface area (Å²) in [6.07, 6.45) is 2.77. The van der Waals surface area contributed by atoms with E-state index in [0.717, 1.165) is 58.9 Å². The number of carbonyl (C=O) groups excluding carboxylic acids is 1. The van der Waals surface area contributed by atoms with Gasteiger partial charge in [0.15, 0.2) is 5.65 Å². The van der Waals surface area contributed by atoms with E-state index in [1.54, 1.807) is 0 Å². The molecule has 0 atom stereocenters. The van der Waals surface area contributed by atoms with Crippen LogP contribution < -0.4 is 10.6 Å². The van der Waals surface area contributed by atoms with Crippen LogP contribution >= 0.6 is 0 Å². The van der Waals surface area contributed by atoms with E-state index < -0.39 is 0 Å². The quantitative estimate of drug-likeness (QED) is 0.618. The fourth-order valence-electron chi connectivity index (χ4n) is 3.34.